The fourth-order valence-electron chi connectivity index (χ4n) is 2.92. The molecule has 0 unspecified atom stereocenters. The van der Waals surface area contributed by atoms with Crippen molar-refractivity contribution in [3.8, 4) is 0 Å². The van der Waals surface area contributed by atoms with Crippen molar-refractivity contribution in [1.29, 1.82) is 0 Å². The van der Waals surface area contributed by atoms with Crippen LogP contribution < -0.4 is 10.0 Å². The van der Waals surface area contributed by atoms with Crippen LogP contribution in [0.5, 0.6) is 0 Å². The fraction of sp³-hybridized carbons (Fsp3) is 0.533. The lowest BCUT2D eigenvalue weighted by molar-refractivity contribution is 0.317. The Morgan fingerprint density at radius 3 is 2.90 bits per heavy atom. The maximum Gasteiger partial charge on any atom is 0.206 e. The smallest absolute Gasteiger partial charge is 0.206 e. The molecule has 1 aromatic carbocycles. The van der Waals surface area contributed by atoms with E-state index in [2.05, 4.69) is 17.0 Å². The Hall–Kier alpha value is -0.870. The van der Waals surface area contributed by atoms with E-state index < -0.39 is 0 Å². The lowest BCUT2D eigenvalue weighted by Crippen LogP contribution is -2.32. The van der Waals surface area contributed by atoms with Gasteiger partial charge in [-0.15, -0.1) is 0 Å². The predicted molar refractivity (Wildman–Crippen MR) is 87.5 cm³/mol. The maximum atomic E-state index is 6.00. The summed E-state index contributed by atoms with van der Waals surface area (Å²) in [4.78, 5) is 5.93. The molecule has 1 fully saturated rings. The summed E-state index contributed by atoms with van der Waals surface area (Å²) in [5.74, 6) is 1.60. The van der Waals surface area contributed by atoms with Gasteiger partial charge in [0.1, 0.15) is 0 Å². The topological polar surface area (TPSA) is 36.4 Å². The van der Waals surface area contributed by atoms with Crippen molar-refractivity contribution in [1.82, 2.24) is 4.72 Å². The first-order valence-electron chi connectivity index (χ1n) is 7.29. The molecule has 108 valence electrons. The minimum Gasteiger partial charge on any atom is -0.325 e. The summed E-state index contributed by atoms with van der Waals surface area (Å²) in [5.41, 5.74) is 1.08. The van der Waals surface area contributed by atoms with Crippen molar-refractivity contribution in [2.75, 3.05) is 5.32 Å². The zero-order chi connectivity index (χ0) is 13.9. The zero-order valence-electron chi connectivity index (χ0n) is 11.7. The van der Waals surface area contributed by atoms with Crippen molar-refractivity contribution in [2.45, 2.75) is 50.0 Å². The summed E-state index contributed by atoms with van der Waals surface area (Å²) in [7, 11) is 0. The van der Waals surface area contributed by atoms with Gasteiger partial charge in [0.2, 0.25) is 5.96 Å². The van der Waals surface area contributed by atoms with Gasteiger partial charge < -0.3 is 5.32 Å². The normalized spacial score (nSPS) is 22.8. The maximum absolute atomic E-state index is 6.00. The van der Waals surface area contributed by atoms with E-state index in [9.17, 15) is 0 Å². The summed E-state index contributed by atoms with van der Waals surface area (Å²) < 4.78 is 3.27. The number of hydrogen-bond donors (Lipinski definition) is 2. The van der Waals surface area contributed by atoms with E-state index in [0.717, 1.165) is 27.5 Å². The van der Waals surface area contributed by atoms with E-state index in [0.29, 0.717) is 6.04 Å². The summed E-state index contributed by atoms with van der Waals surface area (Å²) in [5, 5.41) is 4.11. The molecule has 1 aromatic rings. The number of benzene rings is 1. The van der Waals surface area contributed by atoms with Gasteiger partial charge >= 0.3 is 0 Å². The molecule has 0 spiro atoms. The number of aliphatic imine (C=N–C) groups is 1. The molecule has 0 aromatic heterocycles. The first kappa shape index (κ1) is 14.1. The number of guanidine groups is 1. The van der Waals surface area contributed by atoms with Gasteiger partial charge in [-0.2, -0.15) is 0 Å². The Labute approximate surface area is 129 Å². The molecule has 1 heterocycles. The lowest BCUT2D eigenvalue weighted by Gasteiger charge is -2.27. The Bertz CT molecular complexity index is 512. The third-order valence-electron chi connectivity index (χ3n) is 4.12. The second kappa shape index (κ2) is 6.27. The Morgan fingerprint density at radius 2 is 2.10 bits per heavy atom. The van der Waals surface area contributed by atoms with Crippen LogP contribution in [0.25, 0.3) is 0 Å². The van der Waals surface area contributed by atoms with Crippen molar-refractivity contribution in [3.63, 3.8) is 0 Å². The van der Waals surface area contributed by atoms with Gasteiger partial charge in [0.05, 0.1) is 16.6 Å². The highest BCUT2D eigenvalue weighted by molar-refractivity contribution is 7.98. The average Bonchev–Trinajstić information content (AvgIpc) is 2.48. The van der Waals surface area contributed by atoms with Crippen molar-refractivity contribution in [2.24, 2.45) is 10.9 Å². The number of fused-ring (bicyclic) bond motifs is 1. The highest BCUT2D eigenvalue weighted by Crippen LogP contribution is 2.32. The molecular formula is C15H20ClN3S. The van der Waals surface area contributed by atoms with E-state index in [4.69, 9.17) is 16.6 Å². The van der Waals surface area contributed by atoms with Gasteiger partial charge in [0.25, 0.3) is 0 Å². The Balaban J connectivity index is 1.69. The van der Waals surface area contributed by atoms with Crippen molar-refractivity contribution >= 4 is 35.2 Å². The van der Waals surface area contributed by atoms with Crippen molar-refractivity contribution < 1.29 is 0 Å². The number of nitrogens with one attached hydrogen (secondary N) is 2. The molecule has 1 atom stereocenters. The Morgan fingerprint density at radius 1 is 1.30 bits per heavy atom. The monoisotopic (exact) mass is 309 g/mol. The molecule has 20 heavy (non-hydrogen) atoms. The third kappa shape index (κ3) is 3.23. The van der Waals surface area contributed by atoms with Crippen LogP contribution in [0.1, 0.15) is 39.0 Å². The van der Waals surface area contributed by atoms with Crippen LogP contribution in [-0.4, -0.2) is 12.0 Å². The molecule has 1 aliphatic heterocycles. The second-order valence-corrected chi connectivity index (χ2v) is 6.87. The SMILES string of the molecule is C[C@@H](N=C1NSc2cc(Cl)ccc2N1)C1CCCCC1. The van der Waals surface area contributed by atoms with Gasteiger partial charge in [-0.3, -0.25) is 4.72 Å². The van der Waals surface area contributed by atoms with Gasteiger partial charge in [0.15, 0.2) is 0 Å². The van der Waals surface area contributed by atoms with Crippen LogP contribution in [0.2, 0.25) is 5.02 Å². The largest absolute Gasteiger partial charge is 0.325 e. The number of rotatable bonds is 2. The van der Waals surface area contributed by atoms with Crippen LogP contribution >= 0.6 is 23.5 Å². The molecular weight excluding hydrogens is 290 g/mol. The van der Waals surface area contributed by atoms with Crippen LogP contribution in [0.4, 0.5) is 5.69 Å². The molecule has 0 bridgehead atoms. The van der Waals surface area contributed by atoms with E-state index in [-0.39, 0.29) is 0 Å². The summed E-state index contributed by atoms with van der Waals surface area (Å²) >= 11 is 7.57. The lowest BCUT2D eigenvalue weighted by atomic mass is 9.85. The summed E-state index contributed by atoms with van der Waals surface area (Å²) in [6, 6.07) is 6.25. The first-order valence-corrected chi connectivity index (χ1v) is 8.49. The number of hydrogen-bond acceptors (Lipinski definition) is 2. The van der Waals surface area contributed by atoms with Gasteiger partial charge in [-0.1, -0.05) is 30.9 Å². The van der Waals surface area contributed by atoms with Crippen LogP contribution in [0.15, 0.2) is 28.1 Å². The standard InChI is InChI=1S/C15H20ClN3S/c1-10(11-5-3-2-4-6-11)17-15-18-13-8-7-12(16)9-14(13)20-19-15/h7-11H,2-6H2,1H3,(H2,17,18,19)/t10-/m1/s1. The highest BCUT2D eigenvalue weighted by Gasteiger charge is 2.21. The molecule has 0 saturated heterocycles. The minimum atomic E-state index is 0.375. The fourth-order valence-corrected chi connectivity index (χ4v) is 3.89. The Kier molecular flexibility index (Phi) is 4.41. The molecule has 1 saturated carbocycles. The average molecular weight is 310 g/mol. The summed E-state index contributed by atoms with van der Waals surface area (Å²) in [6.07, 6.45) is 6.74. The van der Waals surface area contributed by atoms with E-state index in [1.165, 1.54) is 32.1 Å². The van der Waals surface area contributed by atoms with Crippen LogP contribution in [-0.2, 0) is 0 Å². The summed E-state index contributed by atoms with van der Waals surface area (Å²) in [6.45, 7) is 2.23. The number of nitrogens with zero attached hydrogens (tertiary/aromatic N) is 1. The van der Waals surface area contributed by atoms with Gasteiger partial charge in [0, 0.05) is 5.02 Å². The van der Waals surface area contributed by atoms with Gasteiger partial charge in [-0.05, 0) is 55.8 Å². The van der Waals surface area contributed by atoms with Crippen LogP contribution in [0, 0.1) is 5.92 Å². The molecule has 5 heteroatoms. The van der Waals surface area contributed by atoms with E-state index in [1.807, 2.05) is 18.2 Å². The van der Waals surface area contributed by atoms with Crippen LogP contribution in [0.3, 0.4) is 0 Å². The van der Waals surface area contributed by atoms with E-state index >= 15 is 0 Å². The highest BCUT2D eigenvalue weighted by atomic mass is 35.5. The predicted octanol–water partition coefficient (Wildman–Crippen LogP) is 4.69. The minimum absolute atomic E-state index is 0.375. The first-order chi connectivity index (χ1) is 9.72. The van der Waals surface area contributed by atoms with Gasteiger partial charge in [-0.25, -0.2) is 4.99 Å². The molecule has 0 amide bonds. The van der Waals surface area contributed by atoms with Crippen molar-refractivity contribution in [3.05, 3.63) is 23.2 Å². The second-order valence-electron chi connectivity index (χ2n) is 5.59. The number of halogens is 1. The third-order valence-corrected chi connectivity index (χ3v) is 5.21. The molecule has 2 N–H and O–H groups in total. The molecule has 0 radical (unpaired) electrons. The molecule has 3 nitrogen and oxygen atoms in total. The molecule has 2 aliphatic rings. The molecule has 3 rings (SSSR count). The number of anilines is 1. The quantitative estimate of drug-likeness (QED) is 0.778. The van der Waals surface area contributed by atoms with E-state index in [1.54, 1.807) is 11.9 Å². The molecule has 1 aliphatic carbocycles. The zero-order valence-corrected chi connectivity index (χ0v) is 13.2.